The number of nitrogens with zero attached hydrogens (tertiary/aromatic N) is 6. The molecule has 5 rings (SSSR count). The molecule has 0 fully saturated rings. The van der Waals surface area contributed by atoms with E-state index in [1.54, 1.807) is 35.3 Å². The van der Waals surface area contributed by atoms with Crippen LogP contribution in [0.15, 0.2) is 60.9 Å². The van der Waals surface area contributed by atoms with Gasteiger partial charge in [0.15, 0.2) is 0 Å². The van der Waals surface area contributed by atoms with Gasteiger partial charge in [-0.2, -0.15) is 5.26 Å². The second kappa shape index (κ2) is 7.81. The molecule has 0 saturated carbocycles. The Balaban J connectivity index is 1.69. The minimum atomic E-state index is -0.626. The van der Waals surface area contributed by atoms with Crippen molar-refractivity contribution < 1.29 is 4.79 Å². The third-order valence-corrected chi connectivity index (χ3v) is 6.12. The van der Waals surface area contributed by atoms with Gasteiger partial charge >= 0.3 is 6.03 Å². The van der Waals surface area contributed by atoms with Gasteiger partial charge in [0.25, 0.3) is 0 Å². The second-order valence-corrected chi connectivity index (χ2v) is 8.93. The number of hydrogen-bond acceptors (Lipinski definition) is 6. The molecule has 0 aliphatic carbocycles. The SMILES string of the molecule is CN1Cc2cnc3ccc(-c4ccc(N)nc4)nc3c2N(c2ccc(C(C)(C)C#N)cc2)C1=O. The summed E-state index contributed by atoms with van der Waals surface area (Å²) in [6.45, 7) is 4.17. The van der Waals surface area contributed by atoms with Crippen molar-refractivity contribution >= 4 is 34.3 Å². The van der Waals surface area contributed by atoms with Crippen LogP contribution in [-0.2, 0) is 12.0 Å². The molecule has 8 nitrogen and oxygen atoms in total. The average Bonchev–Trinajstić information content (AvgIpc) is 2.85. The third kappa shape index (κ3) is 3.48. The summed E-state index contributed by atoms with van der Waals surface area (Å²) in [6.07, 6.45) is 3.48. The van der Waals surface area contributed by atoms with Gasteiger partial charge in [-0.25, -0.2) is 14.8 Å². The molecule has 3 aromatic heterocycles. The van der Waals surface area contributed by atoms with Crippen molar-refractivity contribution in [1.29, 1.82) is 5.26 Å². The quantitative estimate of drug-likeness (QED) is 0.482. The number of rotatable bonds is 3. The zero-order valence-corrected chi connectivity index (χ0v) is 19.1. The maximum atomic E-state index is 13.4. The van der Waals surface area contributed by atoms with Gasteiger partial charge in [0.2, 0.25) is 0 Å². The van der Waals surface area contributed by atoms with Crippen LogP contribution >= 0.6 is 0 Å². The summed E-state index contributed by atoms with van der Waals surface area (Å²) < 4.78 is 0. The van der Waals surface area contributed by atoms with Gasteiger partial charge in [-0.05, 0) is 55.8 Å². The smallest absolute Gasteiger partial charge is 0.329 e. The van der Waals surface area contributed by atoms with Crippen molar-refractivity contribution in [2.75, 3.05) is 17.7 Å². The number of nitrogen functional groups attached to an aromatic ring is 1. The Morgan fingerprint density at radius 3 is 2.47 bits per heavy atom. The van der Waals surface area contributed by atoms with E-state index in [-0.39, 0.29) is 6.03 Å². The molecule has 1 aromatic carbocycles. The van der Waals surface area contributed by atoms with Crippen LogP contribution < -0.4 is 10.6 Å². The molecule has 4 aromatic rings. The van der Waals surface area contributed by atoms with Crippen molar-refractivity contribution in [3.05, 3.63) is 72.1 Å². The Morgan fingerprint density at radius 2 is 1.79 bits per heavy atom. The molecule has 34 heavy (non-hydrogen) atoms. The van der Waals surface area contributed by atoms with Crippen LogP contribution in [0.4, 0.5) is 22.0 Å². The first-order valence-corrected chi connectivity index (χ1v) is 10.9. The number of amides is 2. The first kappa shape index (κ1) is 21.3. The van der Waals surface area contributed by atoms with E-state index < -0.39 is 5.41 Å². The number of nitriles is 1. The Kier molecular flexibility index (Phi) is 4.91. The predicted molar refractivity (Wildman–Crippen MR) is 131 cm³/mol. The van der Waals surface area contributed by atoms with Gasteiger partial charge in [-0.15, -0.1) is 0 Å². The molecule has 0 unspecified atom stereocenters. The van der Waals surface area contributed by atoms with Crippen LogP contribution in [0.2, 0.25) is 0 Å². The fourth-order valence-electron chi connectivity index (χ4n) is 4.09. The van der Waals surface area contributed by atoms with Gasteiger partial charge in [-0.1, -0.05) is 12.1 Å². The molecule has 0 spiro atoms. The standard InChI is InChI=1S/C26H23N7O/c1-26(2,15-27)18-5-7-19(8-6-18)33-24-17(14-32(3)25(33)34)13-29-21-10-9-20(31-23(21)24)16-4-11-22(28)30-12-16/h4-13H,14H2,1-3H3,(H2,28,30). The third-order valence-electron chi connectivity index (χ3n) is 6.12. The highest BCUT2D eigenvalue weighted by Gasteiger charge is 2.32. The van der Waals surface area contributed by atoms with Gasteiger partial charge in [0.05, 0.1) is 40.6 Å². The topological polar surface area (TPSA) is 112 Å². The van der Waals surface area contributed by atoms with Gasteiger partial charge < -0.3 is 10.6 Å². The van der Waals surface area contributed by atoms with E-state index in [9.17, 15) is 10.1 Å². The lowest BCUT2D eigenvalue weighted by molar-refractivity contribution is 0.213. The first-order chi connectivity index (χ1) is 16.3. The minimum absolute atomic E-state index is 0.159. The monoisotopic (exact) mass is 449 g/mol. The van der Waals surface area contributed by atoms with Gasteiger partial charge in [0.1, 0.15) is 11.3 Å². The Bertz CT molecular complexity index is 1450. The summed E-state index contributed by atoms with van der Waals surface area (Å²) in [5, 5.41) is 9.48. The summed E-state index contributed by atoms with van der Waals surface area (Å²) in [5.41, 5.74) is 11.2. The first-order valence-electron chi connectivity index (χ1n) is 10.9. The Morgan fingerprint density at radius 1 is 1.03 bits per heavy atom. The lowest BCUT2D eigenvalue weighted by Crippen LogP contribution is -2.42. The van der Waals surface area contributed by atoms with Crippen molar-refractivity contribution in [3.8, 4) is 17.3 Å². The fraction of sp³-hybridized carbons (Fsp3) is 0.192. The van der Waals surface area contributed by atoms with Crippen molar-refractivity contribution in [2.24, 2.45) is 0 Å². The highest BCUT2D eigenvalue weighted by Crippen LogP contribution is 2.39. The van der Waals surface area contributed by atoms with E-state index in [1.807, 2.05) is 56.3 Å². The van der Waals surface area contributed by atoms with Crippen LogP contribution in [0.25, 0.3) is 22.3 Å². The maximum Gasteiger partial charge on any atom is 0.329 e. The van der Waals surface area contributed by atoms with Crippen LogP contribution in [0, 0.1) is 11.3 Å². The van der Waals surface area contributed by atoms with Crippen LogP contribution in [0.5, 0.6) is 0 Å². The molecule has 168 valence electrons. The molecule has 0 radical (unpaired) electrons. The molecule has 2 N–H and O–H groups in total. The zero-order chi connectivity index (χ0) is 24.0. The molecule has 4 heterocycles. The van der Waals surface area contributed by atoms with Crippen LogP contribution in [0.3, 0.4) is 0 Å². The van der Waals surface area contributed by atoms with Crippen LogP contribution in [-0.4, -0.2) is 32.9 Å². The molecule has 1 aliphatic rings. The number of carbonyl (C=O) groups is 1. The van der Waals surface area contributed by atoms with Crippen molar-refractivity contribution in [3.63, 3.8) is 0 Å². The Hall–Kier alpha value is -4.51. The van der Waals surface area contributed by atoms with Gasteiger partial charge in [0, 0.05) is 30.6 Å². The molecule has 1 aliphatic heterocycles. The normalized spacial score (nSPS) is 13.6. The number of aromatic nitrogens is 3. The molecular weight excluding hydrogens is 426 g/mol. The lowest BCUT2D eigenvalue weighted by Gasteiger charge is -2.35. The maximum absolute atomic E-state index is 13.4. The molecule has 2 amide bonds. The predicted octanol–water partition coefficient (Wildman–Crippen LogP) is 4.78. The second-order valence-electron chi connectivity index (χ2n) is 8.93. The van der Waals surface area contributed by atoms with Crippen molar-refractivity contribution in [2.45, 2.75) is 25.8 Å². The number of carbonyl (C=O) groups excluding carboxylic acids is 1. The zero-order valence-electron chi connectivity index (χ0n) is 19.1. The van der Waals surface area contributed by atoms with E-state index in [0.29, 0.717) is 40.5 Å². The van der Waals surface area contributed by atoms with E-state index in [0.717, 1.165) is 16.7 Å². The van der Waals surface area contributed by atoms with E-state index in [4.69, 9.17) is 10.7 Å². The van der Waals surface area contributed by atoms with Crippen molar-refractivity contribution in [1.82, 2.24) is 19.9 Å². The highest BCUT2D eigenvalue weighted by molar-refractivity contribution is 6.08. The summed E-state index contributed by atoms with van der Waals surface area (Å²) >= 11 is 0. The number of nitrogens with two attached hydrogens (primary N) is 1. The lowest BCUT2D eigenvalue weighted by atomic mass is 9.86. The average molecular weight is 450 g/mol. The largest absolute Gasteiger partial charge is 0.384 e. The summed E-state index contributed by atoms with van der Waals surface area (Å²) in [4.78, 5) is 30.4. The summed E-state index contributed by atoms with van der Waals surface area (Å²) in [6, 6.07) is 17.1. The number of hydrogen-bond donors (Lipinski definition) is 1. The molecule has 8 heteroatoms. The molecule has 0 saturated heterocycles. The Labute approximate surface area is 197 Å². The highest BCUT2D eigenvalue weighted by atomic mass is 16.2. The summed E-state index contributed by atoms with van der Waals surface area (Å²) in [5.74, 6) is 0.436. The number of fused-ring (bicyclic) bond motifs is 3. The fourth-order valence-corrected chi connectivity index (χ4v) is 4.09. The van der Waals surface area contributed by atoms with Crippen LogP contribution in [0.1, 0.15) is 25.0 Å². The van der Waals surface area contributed by atoms with E-state index in [2.05, 4.69) is 16.0 Å². The molecular formula is C26H23N7O. The summed E-state index contributed by atoms with van der Waals surface area (Å²) in [7, 11) is 1.76. The number of pyridine rings is 3. The number of anilines is 3. The van der Waals surface area contributed by atoms with E-state index in [1.165, 1.54) is 0 Å². The molecule has 0 atom stereocenters. The minimum Gasteiger partial charge on any atom is -0.384 e. The van der Waals surface area contributed by atoms with Gasteiger partial charge in [-0.3, -0.25) is 9.88 Å². The number of benzene rings is 1. The van der Waals surface area contributed by atoms with E-state index >= 15 is 0 Å². The number of urea groups is 1. The molecule has 0 bridgehead atoms.